The summed E-state index contributed by atoms with van der Waals surface area (Å²) in [5.74, 6) is -1.27. The summed E-state index contributed by atoms with van der Waals surface area (Å²) in [6.07, 6.45) is 0. The Morgan fingerprint density at radius 2 is 1.78 bits per heavy atom. The van der Waals surface area contributed by atoms with E-state index in [1.807, 2.05) is 45.2 Å². The smallest absolute Gasteiger partial charge is 0.337 e. The van der Waals surface area contributed by atoms with Gasteiger partial charge in [0, 0.05) is 20.6 Å². The molecule has 0 heterocycles. The molecular formula is C10H9I3N2O3. The Morgan fingerprint density at radius 3 is 2.17 bits per heavy atom. The molecule has 98 valence electrons. The molecule has 0 spiro atoms. The van der Waals surface area contributed by atoms with Gasteiger partial charge in [-0.25, -0.2) is 4.79 Å². The van der Waals surface area contributed by atoms with E-state index in [1.165, 1.54) is 6.92 Å². The first-order chi connectivity index (χ1) is 8.31. The van der Waals surface area contributed by atoms with Crippen molar-refractivity contribution in [2.24, 2.45) is 5.73 Å². The van der Waals surface area contributed by atoms with Gasteiger partial charge in [-0.15, -0.1) is 0 Å². The largest absolute Gasteiger partial charge is 0.478 e. The summed E-state index contributed by atoms with van der Waals surface area (Å²) >= 11 is 5.97. The second kappa shape index (κ2) is 6.65. The van der Waals surface area contributed by atoms with E-state index < -0.39 is 5.97 Å². The third-order valence-electron chi connectivity index (χ3n) is 2.13. The minimum absolute atomic E-state index is 0.181. The van der Waals surface area contributed by atoms with Crippen molar-refractivity contribution < 1.29 is 14.7 Å². The number of carbonyl (C=O) groups is 2. The van der Waals surface area contributed by atoms with Gasteiger partial charge in [0.15, 0.2) is 0 Å². The fourth-order valence-corrected chi connectivity index (χ4v) is 5.71. The number of amides is 1. The molecule has 0 fully saturated rings. The van der Waals surface area contributed by atoms with Crippen molar-refractivity contribution in [3.05, 3.63) is 21.8 Å². The number of carboxylic acid groups (broad SMARTS) is 1. The van der Waals surface area contributed by atoms with Crippen molar-refractivity contribution in [2.75, 3.05) is 5.32 Å². The van der Waals surface area contributed by atoms with Crippen LogP contribution in [0.1, 0.15) is 22.8 Å². The molecule has 1 amide bonds. The molecule has 0 saturated heterocycles. The van der Waals surface area contributed by atoms with E-state index in [0.29, 0.717) is 12.8 Å². The van der Waals surface area contributed by atoms with Gasteiger partial charge in [-0.1, -0.05) is 0 Å². The van der Waals surface area contributed by atoms with E-state index in [2.05, 4.69) is 27.9 Å². The van der Waals surface area contributed by atoms with E-state index in [1.54, 1.807) is 0 Å². The van der Waals surface area contributed by atoms with Gasteiger partial charge in [0.2, 0.25) is 5.91 Å². The second-order valence-electron chi connectivity index (χ2n) is 3.36. The number of hydrogen-bond donors (Lipinski definition) is 3. The molecule has 0 saturated carbocycles. The molecule has 1 rings (SSSR count). The van der Waals surface area contributed by atoms with Crippen LogP contribution in [0.4, 0.5) is 5.69 Å². The van der Waals surface area contributed by atoms with E-state index >= 15 is 0 Å². The third-order valence-corrected chi connectivity index (χ3v) is 5.59. The van der Waals surface area contributed by atoms with Crippen molar-refractivity contribution in [3.63, 3.8) is 0 Å². The van der Waals surface area contributed by atoms with Crippen LogP contribution >= 0.6 is 67.8 Å². The first kappa shape index (κ1) is 16.4. The number of aromatic carboxylic acids is 1. The average molecular weight is 586 g/mol. The Balaban J connectivity index is 3.66. The predicted molar refractivity (Wildman–Crippen MR) is 93.7 cm³/mol. The zero-order chi connectivity index (χ0) is 14.0. The summed E-state index contributed by atoms with van der Waals surface area (Å²) < 4.78 is 1.91. The van der Waals surface area contributed by atoms with Crippen molar-refractivity contribution in [1.82, 2.24) is 0 Å². The molecule has 0 radical (unpaired) electrons. The van der Waals surface area contributed by atoms with Crippen molar-refractivity contribution in [2.45, 2.75) is 13.5 Å². The van der Waals surface area contributed by atoms with Crippen LogP contribution in [-0.2, 0) is 11.3 Å². The molecule has 4 N–H and O–H groups in total. The van der Waals surface area contributed by atoms with Crippen molar-refractivity contribution in [3.8, 4) is 0 Å². The van der Waals surface area contributed by atoms with Crippen LogP contribution in [0.2, 0.25) is 0 Å². The summed E-state index contributed by atoms with van der Waals surface area (Å²) in [5, 5.41) is 11.9. The molecule has 5 nitrogen and oxygen atoms in total. The van der Waals surface area contributed by atoms with Gasteiger partial charge in [-0.2, -0.15) is 0 Å². The topological polar surface area (TPSA) is 92.4 Å². The maximum absolute atomic E-state index is 11.3. The number of carboxylic acids is 1. The molecule has 1 aromatic carbocycles. The zero-order valence-corrected chi connectivity index (χ0v) is 15.7. The van der Waals surface area contributed by atoms with Gasteiger partial charge >= 0.3 is 5.97 Å². The lowest BCUT2D eigenvalue weighted by Gasteiger charge is -2.16. The predicted octanol–water partition coefficient (Wildman–Crippen LogP) is 2.62. The minimum Gasteiger partial charge on any atom is -0.478 e. The molecule has 0 aromatic heterocycles. The normalized spacial score (nSPS) is 10.3. The number of anilines is 1. The lowest BCUT2D eigenvalue weighted by Crippen LogP contribution is -2.17. The van der Waals surface area contributed by atoms with Crippen LogP contribution in [0.15, 0.2) is 0 Å². The Morgan fingerprint density at radius 1 is 1.22 bits per heavy atom. The SMILES string of the molecule is CC(=O)Nc1c(I)c(CN)c(I)c(C(=O)O)c1I. The lowest BCUT2D eigenvalue weighted by atomic mass is 10.1. The maximum Gasteiger partial charge on any atom is 0.337 e. The van der Waals surface area contributed by atoms with E-state index in [4.69, 9.17) is 5.73 Å². The fraction of sp³-hybridized carbons (Fsp3) is 0.200. The fourth-order valence-electron chi connectivity index (χ4n) is 1.37. The molecule has 18 heavy (non-hydrogen) atoms. The number of nitrogens with one attached hydrogen (secondary N) is 1. The highest BCUT2D eigenvalue weighted by atomic mass is 127. The molecule has 1 aromatic rings. The van der Waals surface area contributed by atoms with Crippen LogP contribution in [0.25, 0.3) is 0 Å². The van der Waals surface area contributed by atoms with Crippen LogP contribution in [0, 0.1) is 10.7 Å². The van der Waals surface area contributed by atoms with Gasteiger partial charge in [0.05, 0.1) is 14.8 Å². The number of halogens is 3. The Hall–Kier alpha value is 0.310. The summed E-state index contributed by atoms with van der Waals surface area (Å²) in [6, 6.07) is 0. The van der Waals surface area contributed by atoms with E-state index in [-0.39, 0.29) is 18.0 Å². The van der Waals surface area contributed by atoms with Crippen molar-refractivity contribution >= 4 is 85.3 Å². The number of rotatable bonds is 3. The zero-order valence-electron chi connectivity index (χ0n) is 9.18. The van der Waals surface area contributed by atoms with Crippen molar-refractivity contribution in [1.29, 1.82) is 0 Å². The molecule has 0 bridgehead atoms. The van der Waals surface area contributed by atoms with E-state index in [9.17, 15) is 14.7 Å². The van der Waals surface area contributed by atoms with Crippen LogP contribution in [0.3, 0.4) is 0 Å². The number of carbonyl (C=O) groups excluding carboxylic acids is 1. The lowest BCUT2D eigenvalue weighted by molar-refractivity contribution is -0.114. The van der Waals surface area contributed by atoms with Crippen LogP contribution < -0.4 is 11.1 Å². The molecule has 0 atom stereocenters. The molecule has 8 heteroatoms. The molecule has 0 aliphatic rings. The van der Waals surface area contributed by atoms with Gasteiger partial charge in [0.1, 0.15) is 0 Å². The minimum atomic E-state index is -1.03. The summed E-state index contributed by atoms with van der Waals surface area (Å²) in [5.41, 5.74) is 7.08. The number of nitrogens with two attached hydrogens (primary N) is 1. The summed E-state index contributed by atoms with van der Waals surface area (Å²) in [6.45, 7) is 1.60. The highest BCUT2D eigenvalue weighted by Crippen LogP contribution is 2.35. The van der Waals surface area contributed by atoms with Gasteiger partial charge < -0.3 is 16.2 Å². The number of hydrogen-bond acceptors (Lipinski definition) is 3. The molecule has 0 aliphatic carbocycles. The van der Waals surface area contributed by atoms with Gasteiger partial charge in [-0.3, -0.25) is 4.79 Å². The third kappa shape index (κ3) is 3.25. The monoisotopic (exact) mass is 586 g/mol. The second-order valence-corrected chi connectivity index (χ2v) is 6.60. The molecule has 0 aliphatic heterocycles. The summed E-state index contributed by atoms with van der Waals surface area (Å²) in [4.78, 5) is 22.5. The van der Waals surface area contributed by atoms with Gasteiger partial charge in [-0.05, 0) is 73.3 Å². The maximum atomic E-state index is 11.3. The number of benzene rings is 1. The summed E-state index contributed by atoms with van der Waals surface area (Å²) in [7, 11) is 0. The standard InChI is InChI=1S/C10H9I3N2O3/c1-3(16)15-9-7(12)4(2-14)6(11)5(8(9)13)10(17)18/h2,14H2,1H3,(H,15,16)(H,17,18). The Bertz CT molecular complexity index is 532. The van der Waals surface area contributed by atoms with Gasteiger partial charge in [0.25, 0.3) is 0 Å². The first-order valence-electron chi connectivity index (χ1n) is 4.71. The highest BCUT2D eigenvalue weighted by Gasteiger charge is 2.23. The van der Waals surface area contributed by atoms with E-state index in [0.717, 1.165) is 9.13 Å². The van der Waals surface area contributed by atoms with Crippen LogP contribution in [-0.4, -0.2) is 17.0 Å². The Kier molecular flexibility index (Phi) is 6.05. The highest BCUT2D eigenvalue weighted by molar-refractivity contribution is 14.1. The van der Waals surface area contributed by atoms with Crippen LogP contribution in [0.5, 0.6) is 0 Å². The Labute approximate surface area is 145 Å². The molecule has 0 unspecified atom stereocenters. The first-order valence-corrected chi connectivity index (χ1v) is 7.95. The average Bonchev–Trinajstić information content (AvgIpc) is 2.24. The quantitative estimate of drug-likeness (QED) is 0.476. The molecular weight excluding hydrogens is 577 g/mol.